The van der Waals surface area contributed by atoms with E-state index in [1.165, 1.54) is 0 Å². The second-order valence-corrected chi connectivity index (χ2v) is 5.29. The standard InChI is InChI=1S/C13H24N4O/c1-9(2)13(5,8-14)17-12-15-7-6-11(16-12)18-10(3)4/h6-7,9-10H,8,14H2,1-5H3,(H,15,16,17). The Morgan fingerprint density at radius 2 is 2.06 bits per heavy atom. The van der Waals surface area contributed by atoms with Crippen molar-refractivity contribution in [1.82, 2.24) is 9.97 Å². The fourth-order valence-corrected chi connectivity index (χ4v) is 1.40. The van der Waals surface area contributed by atoms with Gasteiger partial charge in [0, 0.05) is 18.8 Å². The second kappa shape index (κ2) is 6.00. The first-order chi connectivity index (χ1) is 8.37. The summed E-state index contributed by atoms with van der Waals surface area (Å²) in [4.78, 5) is 8.53. The monoisotopic (exact) mass is 252 g/mol. The fourth-order valence-electron chi connectivity index (χ4n) is 1.40. The molecule has 5 nitrogen and oxygen atoms in total. The van der Waals surface area contributed by atoms with Gasteiger partial charge in [-0.3, -0.25) is 0 Å². The Labute approximate surface area is 109 Å². The molecule has 0 aromatic carbocycles. The van der Waals surface area contributed by atoms with Crippen molar-refractivity contribution in [2.75, 3.05) is 11.9 Å². The molecule has 1 aromatic heterocycles. The highest BCUT2D eigenvalue weighted by molar-refractivity contribution is 5.32. The molecule has 0 fully saturated rings. The van der Waals surface area contributed by atoms with Crippen molar-refractivity contribution in [2.24, 2.45) is 11.7 Å². The van der Waals surface area contributed by atoms with Gasteiger partial charge in [0.25, 0.3) is 0 Å². The van der Waals surface area contributed by atoms with Crippen LogP contribution in [0, 0.1) is 5.92 Å². The third-order valence-corrected chi connectivity index (χ3v) is 3.08. The summed E-state index contributed by atoms with van der Waals surface area (Å²) in [6.45, 7) is 10.8. The molecule has 0 spiro atoms. The molecule has 5 heteroatoms. The predicted octanol–water partition coefficient (Wildman–Crippen LogP) is 2.05. The number of nitrogens with zero attached hydrogens (tertiary/aromatic N) is 2. The van der Waals surface area contributed by atoms with Gasteiger partial charge < -0.3 is 15.8 Å². The number of ether oxygens (including phenoxy) is 1. The van der Waals surface area contributed by atoms with Crippen molar-refractivity contribution < 1.29 is 4.74 Å². The molecule has 1 atom stereocenters. The highest BCUT2D eigenvalue weighted by Crippen LogP contribution is 2.20. The van der Waals surface area contributed by atoms with Crippen LogP contribution in [0.25, 0.3) is 0 Å². The molecule has 0 bridgehead atoms. The van der Waals surface area contributed by atoms with Crippen molar-refractivity contribution >= 4 is 5.95 Å². The van der Waals surface area contributed by atoms with E-state index in [-0.39, 0.29) is 11.6 Å². The molecule has 0 saturated heterocycles. The summed E-state index contributed by atoms with van der Waals surface area (Å²) in [5, 5.41) is 3.29. The zero-order valence-corrected chi connectivity index (χ0v) is 11.9. The largest absolute Gasteiger partial charge is 0.475 e. The summed E-state index contributed by atoms with van der Waals surface area (Å²) in [7, 11) is 0. The number of anilines is 1. The quantitative estimate of drug-likeness (QED) is 0.810. The lowest BCUT2D eigenvalue weighted by Gasteiger charge is -2.33. The van der Waals surface area contributed by atoms with Crippen LogP contribution in [0.4, 0.5) is 5.95 Å². The normalized spacial score (nSPS) is 14.7. The lowest BCUT2D eigenvalue weighted by Crippen LogP contribution is -2.47. The summed E-state index contributed by atoms with van der Waals surface area (Å²) >= 11 is 0. The van der Waals surface area contributed by atoms with Gasteiger partial charge in [-0.05, 0) is 26.7 Å². The first kappa shape index (κ1) is 14.7. The van der Waals surface area contributed by atoms with E-state index in [1.807, 2.05) is 13.8 Å². The maximum absolute atomic E-state index is 5.83. The van der Waals surface area contributed by atoms with Gasteiger partial charge in [0.15, 0.2) is 0 Å². The predicted molar refractivity (Wildman–Crippen MR) is 73.7 cm³/mol. The molecule has 0 aliphatic rings. The van der Waals surface area contributed by atoms with E-state index in [9.17, 15) is 0 Å². The number of rotatable bonds is 6. The van der Waals surface area contributed by atoms with Crippen LogP contribution >= 0.6 is 0 Å². The smallest absolute Gasteiger partial charge is 0.226 e. The molecule has 1 rings (SSSR count). The Kier molecular flexibility index (Phi) is 4.90. The van der Waals surface area contributed by atoms with E-state index in [0.29, 0.717) is 24.3 Å². The molecule has 1 aromatic rings. The fraction of sp³-hybridized carbons (Fsp3) is 0.692. The first-order valence-electron chi connectivity index (χ1n) is 6.35. The van der Waals surface area contributed by atoms with Crippen molar-refractivity contribution in [3.8, 4) is 5.88 Å². The van der Waals surface area contributed by atoms with Crippen molar-refractivity contribution in [1.29, 1.82) is 0 Å². The van der Waals surface area contributed by atoms with Crippen LogP contribution in [0.5, 0.6) is 5.88 Å². The van der Waals surface area contributed by atoms with Crippen molar-refractivity contribution in [2.45, 2.75) is 46.3 Å². The van der Waals surface area contributed by atoms with Crippen LogP contribution in [-0.4, -0.2) is 28.2 Å². The molecule has 0 aliphatic heterocycles. The topological polar surface area (TPSA) is 73.1 Å². The third kappa shape index (κ3) is 3.84. The molecule has 0 saturated carbocycles. The Morgan fingerprint density at radius 1 is 1.39 bits per heavy atom. The minimum absolute atomic E-state index is 0.0961. The Morgan fingerprint density at radius 3 is 2.56 bits per heavy atom. The average molecular weight is 252 g/mol. The van der Waals surface area contributed by atoms with Crippen LogP contribution in [0.1, 0.15) is 34.6 Å². The Balaban J connectivity index is 2.84. The first-order valence-corrected chi connectivity index (χ1v) is 6.35. The molecule has 1 unspecified atom stereocenters. The zero-order chi connectivity index (χ0) is 13.8. The van der Waals surface area contributed by atoms with Crippen LogP contribution in [0.3, 0.4) is 0 Å². The van der Waals surface area contributed by atoms with Crippen molar-refractivity contribution in [3.05, 3.63) is 12.3 Å². The van der Waals surface area contributed by atoms with Gasteiger partial charge in [-0.2, -0.15) is 4.98 Å². The lowest BCUT2D eigenvalue weighted by atomic mass is 9.89. The summed E-state index contributed by atoms with van der Waals surface area (Å²) in [5.74, 6) is 1.50. The number of nitrogens with two attached hydrogens (primary N) is 1. The van der Waals surface area contributed by atoms with Gasteiger partial charge in [0.1, 0.15) is 0 Å². The third-order valence-electron chi connectivity index (χ3n) is 3.08. The maximum atomic E-state index is 5.83. The van der Waals surface area contributed by atoms with E-state index >= 15 is 0 Å². The van der Waals surface area contributed by atoms with Crippen LogP contribution in [0.2, 0.25) is 0 Å². The highest BCUT2D eigenvalue weighted by atomic mass is 16.5. The summed E-state index contributed by atoms with van der Waals surface area (Å²) in [5.41, 5.74) is 5.60. The SMILES string of the molecule is CC(C)Oc1ccnc(NC(C)(CN)C(C)C)n1. The average Bonchev–Trinajstić information content (AvgIpc) is 2.28. The molecule has 0 radical (unpaired) electrons. The molecule has 1 heterocycles. The Bertz CT molecular complexity index is 381. The molecule has 3 N–H and O–H groups in total. The molecular weight excluding hydrogens is 228 g/mol. The second-order valence-electron chi connectivity index (χ2n) is 5.29. The van der Waals surface area contributed by atoms with Crippen LogP contribution in [-0.2, 0) is 0 Å². The highest BCUT2D eigenvalue weighted by Gasteiger charge is 2.27. The van der Waals surface area contributed by atoms with E-state index in [2.05, 4.69) is 36.1 Å². The minimum Gasteiger partial charge on any atom is -0.475 e. The summed E-state index contributed by atoms with van der Waals surface area (Å²) < 4.78 is 5.54. The Hall–Kier alpha value is -1.36. The number of aromatic nitrogens is 2. The minimum atomic E-state index is -0.226. The maximum Gasteiger partial charge on any atom is 0.226 e. The number of hydrogen-bond acceptors (Lipinski definition) is 5. The number of nitrogens with one attached hydrogen (secondary N) is 1. The van der Waals surface area contributed by atoms with E-state index in [0.717, 1.165) is 0 Å². The van der Waals surface area contributed by atoms with E-state index in [4.69, 9.17) is 10.5 Å². The molecule has 0 amide bonds. The van der Waals surface area contributed by atoms with Gasteiger partial charge in [-0.25, -0.2) is 4.98 Å². The molecule has 102 valence electrons. The van der Waals surface area contributed by atoms with Gasteiger partial charge >= 0.3 is 0 Å². The van der Waals surface area contributed by atoms with Crippen molar-refractivity contribution in [3.63, 3.8) is 0 Å². The van der Waals surface area contributed by atoms with Gasteiger partial charge in [0.2, 0.25) is 11.8 Å². The summed E-state index contributed by atoms with van der Waals surface area (Å²) in [6, 6.07) is 1.75. The molecule has 0 aliphatic carbocycles. The summed E-state index contributed by atoms with van der Waals surface area (Å²) in [6.07, 6.45) is 1.78. The van der Waals surface area contributed by atoms with Gasteiger partial charge in [-0.15, -0.1) is 0 Å². The van der Waals surface area contributed by atoms with E-state index < -0.39 is 0 Å². The van der Waals surface area contributed by atoms with E-state index in [1.54, 1.807) is 12.3 Å². The van der Waals surface area contributed by atoms with Gasteiger partial charge in [0.05, 0.1) is 11.6 Å². The lowest BCUT2D eigenvalue weighted by molar-refractivity contribution is 0.232. The van der Waals surface area contributed by atoms with Crippen LogP contribution < -0.4 is 15.8 Å². The molecule has 18 heavy (non-hydrogen) atoms. The zero-order valence-electron chi connectivity index (χ0n) is 11.9. The number of hydrogen-bond donors (Lipinski definition) is 2. The van der Waals surface area contributed by atoms with Crippen LogP contribution in [0.15, 0.2) is 12.3 Å². The molecular formula is C13H24N4O. The van der Waals surface area contributed by atoms with Gasteiger partial charge in [-0.1, -0.05) is 13.8 Å².